The van der Waals surface area contributed by atoms with Crippen LogP contribution >= 0.6 is 0 Å². The van der Waals surface area contributed by atoms with Crippen LogP contribution < -0.4 is 5.73 Å². The van der Waals surface area contributed by atoms with Gasteiger partial charge in [0.25, 0.3) is 0 Å². The average Bonchev–Trinajstić information content (AvgIpc) is 2.58. The number of nitrogens with two attached hydrogens (primary N) is 1. The smallest absolute Gasteiger partial charge is 0.306 e. The van der Waals surface area contributed by atoms with Gasteiger partial charge in [0.2, 0.25) is 0 Å². The Kier molecular flexibility index (Phi) is 4.30. The monoisotopic (exact) mass is 211 g/mol. The van der Waals surface area contributed by atoms with Crippen molar-refractivity contribution in [1.82, 2.24) is 9.78 Å². The number of rotatable bonds is 6. The summed E-state index contributed by atoms with van der Waals surface area (Å²) < 4.78 is 1.77. The lowest BCUT2D eigenvalue weighted by Crippen LogP contribution is -2.19. The van der Waals surface area contributed by atoms with Crippen LogP contribution in [0.25, 0.3) is 0 Å². The van der Waals surface area contributed by atoms with Gasteiger partial charge in [-0.3, -0.25) is 9.48 Å². The molecule has 0 saturated heterocycles. The number of aliphatic carboxylic acids is 1. The van der Waals surface area contributed by atoms with Gasteiger partial charge in [-0.05, 0) is 31.9 Å². The molecule has 1 rings (SSSR count). The number of carboxylic acid groups (broad SMARTS) is 1. The van der Waals surface area contributed by atoms with Gasteiger partial charge in [0.1, 0.15) is 0 Å². The fourth-order valence-electron chi connectivity index (χ4n) is 1.56. The fraction of sp³-hybridized carbons (Fsp3) is 0.600. The second-order valence-electron chi connectivity index (χ2n) is 3.60. The van der Waals surface area contributed by atoms with Gasteiger partial charge in [0.05, 0.1) is 5.92 Å². The van der Waals surface area contributed by atoms with Crippen molar-refractivity contribution in [2.45, 2.75) is 19.3 Å². The van der Waals surface area contributed by atoms with Crippen LogP contribution in [0.3, 0.4) is 0 Å². The van der Waals surface area contributed by atoms with E-state index in [4.69, 9.17) is 10.8 Å². The second-order valence-corrected chi connectivity index (χ2v) is 3.60. The summed E-state index contributed by atoms with van der Waals surface area (Å²) in [7, 11) is 1.86. The molecule has 0 saturated carbocycles. The summed E-state index contributed by atoms with van der Waals surface area (Å²) >= 11 is 0. The third-order valence-corrected chi connectivity index (χ3v) is 2.54. The Balaban J connectivity index is 2.47. The highest BCUT2D eigenvalue weighted by molar-refractivity contribution is 5.69. The predicted octanol–water partition coefficient (Wildman–Crippen LogP) is 0.402. The molecule has 0 aliphatic rings. The number of aryl methyl sites for hydroxylation is 2. The first-order chi connectivity index (χ1) is 7.15. The molecular weight excluding hydrogens is 194 g/mol. The first-order valence-corrected chi connectivity index (χ1v) is 5.05. The van der Waals surface area contributed by atoms with Gasteiger partial charge in [0.15, 0.2) is 0 Å². The van der Waals surface area contributed by atoms with Gasteiger partial charge in [0, 0.05) is 18.9 Å². The Morgan fingerprint density at radius 2 is 2.40 bits per heavy atom. The molecule has 1 heterocycles. The van der Waals surface area contributed by atoms with Gasteiger partial charge >= 0.3 is 5.97 Å². The van der Waals surface area contributed by atoms with E-state index in [1.165, 1.54) is 0 Å². The van der Waals surface area contributed by atoms with Crippen LogP contribution in [-0.2, 0) is 18.3 Å². The van der Waals surface area contributed by atoms with Crippen LogP contribution in [0.4, 0.5) is 0 Å². The molecule has 5 nitrogen and oxygen atoms in total. The van der Waals surface area contributed by atoms with E-state index < -0.39 is 5.97 Å². The van der Waals surface area contributed by atoms with Gasteiger partial charge in [-0.1, -0.05) is 0 Å². The molecule has 1 unspecified atom stereocenters. The molecule has 0 bridgehead atoms. The summed E-state index contributed by atoms with van der Waals surface area (Å²) in [6.45, 7) is 0.419. The molecule has 0 fully saturated rings. The van der Waals surface area contributed by atoms with Gasteiger partial charge in [-0.15, -0.1) is 0 Å². The molecule has 0 aliphatic carbocycles. The molecule has 0 spiro atoms. The lowest BCUT2D eigenvalue weighted by molar-refractivity contribution is -0.142. The topological polar surface area (TPSA) is 81.1 Å². The van der Waals surface area contributed by atoms with E-state index in [2.05, 4.69) is 5.10 Å². The van der Waals surface area contributed by atoms with E-state index in [9.17, 15) is 4.79 Å². The van der Waals surface area contributed by atoms with E-state index in [-0.39, 0.29) is 5.92 Å². The third kappa shape index (κ3) is 3.36. The highest BCUT2D eigenvalue weighted by atomic mass is 16.4. The Morgan fingerprint density at radius 1 is 1.67 bits per heavy atom. The van der Waals surface area contributed by atoms with Crippen molar-refractivity contribution >= 4 is 5.97 Å². The predicted molar refractivity (Wildman–Crippen MR) is 56.3 cm³/mol. The molecule has 1 aromatic rings. The van der Waals surface area contributed by atoms with Gasteiger partial charge in [-0.25, -0.2) is 0 Å². The quantitative estimate of drug-likeness (QED) is 0.713. The Labute approximate surface area is 88.9 Å². The minimum absolute atomic E-state index is 0.343. The molecule has 0 radical (unpaired) electrons. The fourth-order valence-corrected chi connectivity index (χ4v) is 1.56. The lowest BCUT2D eigenvalue weighted by Gasteiger charge is -2.10. The number of nitrogens with zero attached hydrogens (tertiary/aromatic N) is 2. The molecule has 1 atom stereocenters. The molecule has 0 aliphatic heterocycles. The maximum Gasteiger partial charge on any atom is 0.306 e. The second kappa shape index (κ2) is 5.50. The standard InChI is InChI=1S/C10H17N3O2/c1-13-9(5-7-12-13)3-2-8(4-6-11)10(14)15/h5,7-8H,2-4,6,11H2,1H3,(H,14,15). The number of carboxylic acids is 1. The normalized spacial score (nSPS) is 12.7. The van der Waals surface area contributed by atoms with Crippen LogP contribution in [0.1, 0.15) is 18.5 Å². The van der Waals surface area contributed by atoms with E-state index in [1.54, 1.807) is 10.9 Å². The number of aromatic nitrogens is 2. The van der Waals surface area contributed by atoms with Crippen molar-refractivity contribution < 1.29 is 9.90 Å². The number of hydrogen-bond donors (Lipinski definition) is 2. The van der Waals surface area contributed by atoms with Crippen molar-refractivity contribution in [3.8, 4) is 0 Å². The zero-order valence-electron chi connectivity index (χ0n) is 8.89. The SMILES string of the molecule is Cn1nccc1CCC(CCN)C(=O)O. The van der Waals surface area contributed by atoms with Gasteiger partial charge in [-0.2, -0.15) is 5.10 Å². The molecule has 3 N–H and O–H groups in total. The van der Waals surface area contributed by atoms with Crippen molar-refractivity contribution in [2.24, 2.45) is 18.7 Å². The third-order valence-electron chi connectivity index (χ3n) is 2.54. The zero-order valence-corrected chi connectivity index (χ0v) is 8.89. The van der Waals surface area contributed by atoms with Crippen LogP contribution in [0.15, 0.2) is 12.3 Å². The van der Waals surface area contributed by atoms with E-state index >= 15 is 0 Å². The van der Waals surface area contributed by atoms with Crippen LogP contribution in [0.5, 0.6) is 0 Å². The van der Waals surface area contributed by atoms with Crippen LogP contribution in [0.2, 0.25) is 0 Å². The summed E-state index contributed by atoms with van der Waals surface area (Å²) in [6.07, 6.45) is 3.60. The van der Waals surface area contributed by atoms with Crippen molar-refractivity contribution in [3.05, 3.63) is 18.0 Å². The van der Waals surface area contributed by atoms with E-state index in [0.29, 0.717) is 19.4 Å². The summed E-state index contributed by atoms with van der Waals surface area (Å²) in [5, 5.41) is 13.0. The summed E-state index contributed by atoms with van der Waals surface area (Å²) in [6, 6.07) is 1.90. The minimum Gasteiger partial charge on any atom is -0.481 e. The summed E-state index contributed by atoms with van der Waals surface area (Å²) in [4.78, 5) is 10.9. The maximum absolute atomic E-state index is 10.9. The Morgan fingerprint density at radius 3 is 2.87 bits per heavy atom. The molecule has 0 aromatic carbocycles. The van der Waals surface area contributed by atoms with Crippen LogP contribution in [0, 0.1) is 5.92 Å². The highest BCUT2D eigenvalue weighted by Gasteiger charge is 2.16. The zero-order chi connectivity index (χ0) is 11.3. The Bertz CT molecular complexity index is 322. The molecule has 15 heavy (non-hydrogen) atoms. The van der Waals surface area contributed by atoms with Crippen molar-refractivity contribution in [1.29, 1.82) is 0 Å². The number of carbonyl (C=O) groups is 1. The molecular formula is C10H17N3O2. The largest absolute Gasteiger partial charge is 0.481 e. The van der Waals surface area contributed by atoms with Gasteiger partial charge < -0.3 is 10.8 Å². The molecule has 0 amide bonds. The maximum atomic E-state index is 10.9. The summed E-state index contributed by atoms with van der Waals surface area (Å²) in [5.41, 5.74) is 6.42. The first kappa shape index (κ1) is 11.7. The molecule has 5 heteroatoms. The van der Waals surface area contributed by atoms with Crippen molar-refractivity contribution in [3.63, 3.8) is 0 Å². The average molecular weight is 211 g/mol. The highest BCUT2D eigenvalue weighted by Crippen LogP contribution is 2.12. The van der Waals surface area contributed by atoms with Crippen molar-refractivity contribution in [2.75, 3.05) is 6.54 Å². The van der Waals surface area contributed by atoms with Crippen LogP contribution in [-0.4, -0.2) is 27.4 Å². The minimum atomic E-state index is -0.761. The van der Waals surface area contributed by atoms with E-state index in [0.717, 1.165) is 12.1 Å². The molecule has 1 aromatic heterocycles. The summed E-state index contributed by atoms with van der Waals surface area (Å²) in [5.74, 6) is -1.10. The first-order valence-electron chi connectivity index (χ1n) is 5.05. The number of hydrogen-bond acceptors (Lipinski definition) is 3. The lowest BCUT2D eigenvalue weighted by atomic mass is 9.98. The molecule has 84 valence electrons. The van der Waals surface area contributed by atoms with E-state index in [1.807, 2.05) is 13.1 Å². The Hall–Kier alpha value is -1.36.